The van der Waals surface area contributed by atoms with Crippen molar-refractivity contribution in [3.8, 4) is 0 Å². The molecule has 8 heteroatoms. The number of thioether (sulfide) groups is 1. The van der Waals surface area contributed by atoms with Crippen molar-refractivity contribution in [2.75, 3.05) is 12.9 Å². The fourth-order valence-electron chi connectivity index (χ4n) is 2.46. The Labute approximate surface area is 169 Å². The molecule has 0 aliphatic carbocycles. The van der Waals surface area contributed by atoms with Crippen LogP contribution in [0, 0.1) is 13.8 Å². The number of sulfonamides is 1. The number of aryl methyl sites for hydroxylation is 2. The van der Waals surface area contributed by atoms with Crippen molar-refractivity contribution in [1.82, 2.24) is 4.72 Å². The van der Waals surface area contributed by atoms with Crippen LogP contribution in [0.2, 0.25) is 5.02 Å². The van der Waals surface area contributed by atoms with Crippen LogP contribution in [0.5, 0.6) is 0 Å². The standard InChI is InChI=1S/C19H22ClNO4S2/c1-13-10-18(14(2)9-16(13)20)27(23,24)21-17(19(22)25-3)12-26-11-15-7-5-4-6-8-15/h4-10,17,21H,11-12H2,1-3H3. The average molecular weight is 428 g/mol. The maximum absolute atomic E-state index is 12.8. The second kappa shape index (κ2) is 9.59. The molecule has 0 aliphatic rings. The highest BCUT2D eigenvalue weighted by molar-refractivity contribution is 7.98. The van der Waals surface area contributed by atoms with Gasteiger partial charge in [0.05, 0.1) is 12.0 Å². The molecule has 1 atom stereocenters. The fourth-order valence-corrected chi connectivity index (χ4v) is 5.28. The maximum Gasteiger partial charge on any atom is 0.324 e. The van der Waals surface area contributed by atoms with Crippen LogP contribution in [0.1, 0.15) is 16.7 Å². The Hall–Kier alpha value is -1.54. The highest BCUT2D eigenvalue weighted by Crippen LogP contribution is 2.24. The van der Waals surface area contributed by atoms with Crippen molar-refractivity contribution in [3.05, 3.63) is 64.2 Å². The number of rotatable bonds is 8. The van der Waals surface area contributed by atoms with Crippen LogP contribution in [0.25, 0.3) is 0 Å². The first-order chi connectivity index (χ1) is 12.7. The van der Waals surface area contributed by atoms with Gasteiger partial charge in [-0.3, -0.25) is 4.79 Å². The Kier molecular flexibility index (Phi) is 7.73. The van der Waals surface area contributed by atoms with Crippen molar-refractivity contribution in [2.24, 2.45) is 0 Å². The molecule has 0 fully saturated rings. The number of nitrogens with one attached hydrogen (secondary N) is 1. The van der Waals surface area contributed by atoms with Crippen molar-refractivity contribution in [1.29, 1.82) is 0 Å². The van der Waals surface area contributed by atoms with Crippen molar-refractivity contribution in [3.63, 3.8) is 0 Å². The number of esters is 1. The van der Waals surface area contributed by atoms with E-state index in [0.717, 1.165) is 5.56 Å². The number of hydrogen-bond acceptors (Lipinski definition) is 5. The van der Waals surface area contributed by atoms with Crippen molar-refractivity contribution < 1.29 is 17.9 Å². The number of carbonyl (C=O) groups is 1. The zero-order valence-corrected chi connectivity index (χ0v) is 17.7. The number of ether oxygens (including phenoxy) is 1. The normalized spacial score (nSPS) is 12.6. The molecule has 0 spiro atoms. The molecule has 0 amide bonds. The number of methoxy groups -OCH3 is 1. The van der Waals surface area contributed by atoms with Gasteiger partial charge in [0.15, 0.2) is 0 Å². The molecule has 0 saturated heterocycles. The van der Waals surface area contributed by atoms with Gasteiger partial charge in [-0.05, 0) is 42.7 Å². The lowest BCUT2D eigenvalue weighted by atomic mass is 10.2. The van der Waals surface area contributed by atoms with Gasteiger partial charge in [0, 0.05) is 16.5 Å². The molecule has 1 unspecified atom stereocenters. The summed E-state index contributed by atoms with van der Waals surface area (Å²) in [5.41, 5.74) is 2.26. The van der Waals surface area contributed by atoms with E-state index in [0.29, 0.717) is 21.9 Å². The molecule has 2 aromatic rings. The van der Waals surface area contributed by atoms with E-state index in [2.05, 4.69) is 4.72 Å². The molecular formula is C19H22ClNO4S2. The molecule has 0 radical (unpaired) electrons. The largest absolute Gasteiger partial charge is 0.468 e. The SMILES string of the molecule is COC(=O)C(CSCc1ccccc1)NS(=O)(=O)c1cc(C)c(Cl)cc1C. The van der Waals surface area contributed by atoms with Gasteiger partial charge in [-0.2, -0.15) is 16.5 Å². The second-order valence-electron chi connectivity index (χ2n) is 6.06. The molecular weight excluding hydrogens is 406 g/mol. The fraction of sp³-hybridized carbons (Fsp3) is 0.316. The zero-order chi connectivity index (χ0) is 20.0. The quantitative estimate of drug-likeness (QED) is 0.650. The van der Waals surface area contributed by atoms with Gasteiger partial charge in [-0.25, -0.2) is 8.42 Å². The predicted molar refractivity (Wildman–Crippen MR) is 110 cm³/mol. The minimum atomic E-state index is -3.90. The van der Waals surface area contributed by atoms with Crippen LogP contribution in [0.4, 0.5) is 0 Å². The first kappa shape index (κ1) is 21.8. The highest BCUT2D eigenvalue weighted by Gasteiger charge is 2.27. The van der Waals surface area contributed by atoms with Crippen LogP contribution in [-0.2, 0) is 25.3 Å². The van der Waals surface area contributed by atoms with Crippen LogP contribution in [0.15, 0.2) is 47.4 Å². The summed E-state index contributed by atoms with van der Waals surface area (Å²) in [6, 6.07) is 11.9. The number of hydrogen-bond donors (Lipinski definition) is 1. The van der Waals surface area contributed by atoms with E-state index >= 15 is 0 Å². The van der Waals surface area contributed by atoms with Gasteiger partial charge in [0.25, 0.3) is 0 Å². The van der Waals surface area contributed by atoms with Crippen LogP contribution >= 0.6 is 23.4 Å². The minimum Gasteiger partial charge on any atom is -0.468 e. The Morgan fingerprint density at radius 3 is 2.48 bits per heavy atom. The Bertz CT molecular complexity index is 901. The highest BCUT2D eigenvalue weighted by atomic mass is 35.5. The molecule has 27 heavy (non-hydrogen) atoms. The number of carbonyl (C=O) groups excluding carboxylic acids is 1. The monoisotopic (exact) mass is 427 g/mol. The van der Waals surface area contributed by atoms with E-state index in [1.165, 1.54) is 24.9 Å². The Morgan fingerprint density at radius 2 is 1.85 bits per heavy atom. The number of benzene rings is 2. The Balaban J connectivity index is 2.14. The summed E-state index contributed by atoms with van der Waals surface area (Å²) in [6.45, 7) is 3.39. The van der Waals surface area contributed by atoms with Gasteiger partial charge in [0.2, 0.25) is 10.0 Å². The Morgan fingerprint density at radius 1 is 1.19 bits per heavy atom. The lowest BCUT2D eigenvalue weighted by molar-refractivity contribution is -0.141. The summed E-state index contributed by atoms with van der Waals surface area (Å²) in [5, 5.41) is 0.495. The summed E-state index contributed by atoms with van der Waals surface area (Å²) >= 11 is 7.50. The molecule has 0 bridgehead atoms. The lowest BCUT2D eigenvalue weighted by Gasteiger charge is -2.18. The molecule has 0 aliphatic heterocycles. The number of halogens is 1. The summed E-state index contributed by atoms with van der Waals surface area (Å²) in [6.07, 6.45) is 0. The van der Waals surface area contributed by atoms with Crippen LogP contribution in [-0.4, -0.2) is 33.3 Å². The van der Waals surface area contributed by atoms with Gasteiger partial charge in [-0.15, -0.1) is 0 Å². The van der Waals surface area contributed by atoms with E-state index < -0.39 is 22.0 Å². The van der Waals surface area contributed by atoms with Gasteiger partial charge < -0.3 is 4.74 Å². The summed E-state index contributed by atoms with van der Waals surface area (Å²) in [5.74, 6) is 0.296. The molecule has 1 N–H and O–H groups in total. The van der Waals surface area contributed by atoms with E-state index in [1.54, 1.807) is 19.9 Å². The minimum absolute atomic E-state index is 0.103. The van der Waals surface area contributed by atoms with E-state index in [-0.39, 0.29) is 10.6 Å². The third-order valence-corrected chi connectivity index (χ3v) is 7.05. The lowest BCUT2D eigenvalue weighted by Crippen LogP contribution is -2.43. The molecule has 2 rings (SSSR count). The van der Waals surface area contributed by atoms with Crippen molar-refractivity contribution in [2.45, 2.75) is 30.5 Å². The molecule has 5 nitrogen and oxygen atoms in total. The predicted octanol–water partition coefficient (Wildman–Crippen LogP) is 3.71. The average Bonchev–Trinajstić information content (AvgIpc) is 2.63. The van der Waals surface area contributed by atoms with Gasteiger partial charge >= 0.3 is 5.97 Å². The molecule has 0 heterocycles. The summed E-state index contributed by atoms with van der Waals surface area (Å²) in [4.78, 5) is 12.2. The second-order valence-corrected chi connectivity index (χ2v) is 9.18. The zero-order valence-electron chi connectivity index (χ0n) is 15.4. The third kappa shape index (κ3) is 5.97. The van der Waals surface area contributed by atoms with Crippen molar-refractivity contribution >= 4 is 39.4 Å². The summed E-state index contributed by atoms with van der Waals surface area (Å²) in [7, 11) is -2.66. The molecule has 0 aromatic heterocycles. The smallest absolute Gasteiger partial charge is 0.324 e. The molecule has 2 aromatic carbocycles. The van der Waals surface area contributed by atoms with E-state index in [4.69, 9.17) is 16.3 Å². The topological polar surface area (TPSA) is 72.5 Å². The van der Waals surface area contributed by atoms with E-state index in [9.17, 15) is 13.2 Å². The summed E-state index contributed by atoms with van der Waals surface area (Å²) < 4.78 is 32.9. The van der Waals surface area contributed by atoms with E-state index in [1.807, 2.05) is 30.3 Å². The molecule has 146 valence electrons. The first-order valence-corrected chi connectivity index (χ1v) is 11.2. The van der Waals surface area contributed by atoms with Crippen LogP contribution < -0.4 is 4.72 Å². The third-order valence-electron chi connectivity index (χ3n) is 3.92. The van der Waals surface area contributed by atoms with Gasteiger partial charge in [-0.1, -0.05) is 41.9 Å². The molecule has 0 saturated carbocycles. The van der Waals surface area contributed by atoms with Crippen LogP contribution in [0.3, 0.4) is 0 Å². The maximum atomic E-state index is 12.8. The first-order valence-electron chi connectivity index (χ1n) is 8.23. The van der Waals surface area contributed by atoms with Gasteiger partial charge in [0.1, 0.15) is 6.04 Å².